The van der Waals surface area contributed by atoms with Gasteiger partial charge >= 0.3 is 0 Å². The maximum atomic E-state index is 10.4. The Morgan fingerprint density at radius 1 is 0.808 bits per heavy atom. The first-order valence-corrected chi connectivity index (χ1v) is 9.91. The predicted octanol–water partition coefficient (Wildman–Crippen LogP) is 4.27. The van der Waals surface area contributed by atoms with E-state index in [4.69, 9.17) is 0 Å². The van der Waals surface area contributed by atoms with E-state index >= 15 is 0 Å². The Bertz CT molecular complexity index is 877. The molecule has 0 aliphatic rings. The molecule has 0 aliphatic heterocycles. The number of nitrogens with zero attached hydrogens (tertiary/aromatic N) is 1. The number of para-hydroxylation sites is 1. The molecule has 0 saturated carbocycles. The van der Waals surface area contributed by atoms with Crippen LogP contribution in [0.15, 0.2) is 66.7 Å². The summed E-state index contributed by atoms with van der Waals surface area (Å²) in [5.41, 5.74) is 4.88. The molecule has 3 heteroatoms. The summed E-state index contributed by atoms with van der Waals surface area (Å²) in [5, 5.41) is 12.8. The Morgan fingerprint density at radius 3 is 2.27 bits per heavy atom. The number of aromatic hydroxyl groups is 1. The Balaban J connectivity index is 1.82. The third-order valence-corrected chi connectivity index (χ3v) is 6.23. The molecular formula is C23H26NOP. The lowest BCUT2D eigenvalue weighted by molar-refractivity contribution is 0.320. The Kier molecular flexibility index (Phi) is 6.08. The van der Waals surface area contributed by atoms with Gasteiger partial charge in [0.25, 0.3) is 0 Å². The van der Waals surface area contributed by atoms with Gasteiger partial charge in [0, 0.05) is 18.4 Å². The molecule has 0 bridgehead atoms. The molecule has 0 spiro atoms. The Labute approximate surface area is 158 Å². The van der Waals surface area contributed by atoms with Crippen LogP contribution < -0.4 is 10.6 Å². The average molecular weight is 363 g/mol. The molecule has 1 unspecified atom stereocenters. The van der Waals surface area contributed by atoms with Crippen LogP contribution in [0.4, 0.5) is 0 Å². The normalized spacial score (nSPS) is 11.5. The van der Waals surface area contributed by atoms with E-state index in [9.17, 15) is 5.11 Å². The van der Waals surface area contributed by atoms with Crippen molar-refractivity contribution in [2.75, 3.05) is 7.05 Å². The zero-order valence-electron chi connectivity index (χ0n) is 15.7. The molecule has 26 heavy (non-hydrogen) atoms. The second-order valence-corrected chi connectivity index (χ2v) is 8.15. The van der Waals surface area contributed by atoms with E-state index in [0.29, 0.717) is 14.3 Å². The minimum absolute atomic E-state index is 0.428. The van der Waals surface area contributed by atoms with Gasteiger partial charge in [0.05, 0.1) is 0 Å². The van der Waals surface area contributed by atoms with Crippen LogP contribution in [0.3, 0.4) is 0 Å². The molecule has 0 saturated heterocycles. The fourth-order valence-electron chi connectivity index (χ4n) is 3.18. The molecule has 3 rings (SSSR count). The van der Waals surface area contributed by atoms with Crippen molar-refractivity contribution >= 4 is 19.2 Å². The minimum atomic E-state index is 0.428. The van der Waals surface area contributed by atoms with Crippen LogP contribution in [-0.4, -0.2) is 17.1 Å². The highest BCUT2D eigenvalue weighted by molar-refractivity contribution is 7.56. The monoisotopic (exact) mass is 363 g/mol. The van der Waals surface area contributed by atoms with E-state index in [1.807, 2.05) is 25.1 Å². The molecule has 0 fully saturated rings. The quantitative estimate of drug-likeness (QED) is 0.661. The highest BCUT2D eigenvalue weighted by Gasteiger charge is 2.12. The van der Waals surface area contributed by atoms with Crippen LogP contribution in [0.2, 0.25) is 0 Å². The van der Waals surface area contributed by atoms with Crippen molar-refractivity contribution in [3.63, 3.8) is 0 Å². The van der Waals surface area contributed by atoms with Crippen molar-refractivity contribution in [2.24, 2.45) is 0 Å². The number of hydrogen-bond donors (Lipinski definition) is 1. The van der Waals surface area contributed by atoms with Gasteiger partial charge in [-0.15, -0.1) is 0 Å². The van der Waals surface area contributed by atoms with Gasteiger partial charge in [-0.3, -0.25) is 4.90 Å². The Morgan fingerprint density at radius 2 is 1.50 bits per heavy atom. The second-order valence-electron chi connectivity index (χ2n) is 6.86. The fraction of sp³-hybridized carbons (Fsp3) is 0.217. The lowest BCUT2D eigenvalue weighted by Gasteiger charge is -2.20. The van der Waals surface area contributed by atoms with E-state index < -0.39 is 0 Å². The summed E-state index contributed by atoms with van der Waals surface area (Å²) in [6.45, 7) is 5.93. The fourth-order valence-corrected chi connectivity index (χ4v) is 4.54. The second kappa shape index (κ2) is 8.49. The van der Waals surface area contributed by atoms with Gasteiger partial charge in [-0.2, -0.15) is 0 Å². The van der Waals surface area contributed by atoms with E-state index in [2.05, 4.69) is 67.4 Å². The number of phenolic OH excluding ortho intramolecular Hbond substituents is 1. The lowest BCUT2D eigenvalue weighted by atomic mass is 10.1. The number of rotatable bonds is 6. The summed E-state index contributed by atoms with van der Waals surface area (Å²) in [7, 11) is 2.62. The SMILES string of the molecule is Cc1cccc(Pc2c(C)cccc2CN(C)Cc2ccccc2)c1O. The average Bonchev–Trinajstić information content (AvgIpc) is 2.62. The highest BCUT2D eigenvalue weighted by atomic mass is 31.1. The van der Waals surface area contributed by atoms with Crippen molar-refractivity contribution in [1.82, 2.24) is 4.90 Å². The van der Waals surface area contributed by atoms with Crippen molar-refractivity contribution in [3.8, 4) is 5.75 Å². The van der Waals surface area contributed by atoms with Crippen molar-refractivity contribution in [2.45, 2.75) is 26.9 Å². The predicted molar refractivity (Wildman–Crippen MR) is 113 cm³/mol. The van der Waals surface area contributed by atoms with Crippen molar-refractivity contribution < 1.29 is 5.11 Å². The van der Waals surface area contributed by atoms with Crippen LogP contribution in [0.25, 0.3) is 0 Å². The maximum absolute atomic E-state index is 10.4. The van der Waals surface area contributed by atoms with Crippen molar-refractivity contribution in [3.05, 3.63) is 89.0 Å². The molecule has 3 aromatic carbocycles. The molecule has 3 aromatic rings. The van der Waals surface area contributed by atoms with Gasteiger partial charge in [0.15, 0.2) is 0 Å². The zero-order chi connectivity index (χ0) is 18.5. The zero-order valence-corrected chi connectivity index (χ0v) is 16.7. The molecule has 1 atom stereocenters. The van der Waals surface area contributed by atoms with Gasteiger partial charge in [-0.05, 0) is 48.5 Å². The number of hydrogen-bond acceptors (Lipinski definition) is 2. The molecule has 0 amide bonds. The molecule has 134 valence electrons. The molecule has 0 aliphatic carbocycles. The number of phenols is 1. The van der Waals surface area contributed by atoms with Gasteiger partial charge < -0.3 is 5.11 Å². The first-order chi connectivity index (χ1) is 12.5. The largest absolute Gasteiger partial charge is 0.507 e. The summed E-state index contributed by atoms with van der Waals surface area (Å²) < 4.78 is 0. The standard InChI is InChI=1S/C23H26NOP/c1-17-9-8-14-21(22(17)25)26-23-18(2)10-7-13-20(23)16-24(3)15-19-11-5-4-6-12-19/h4-14,25-26H,15-16H2,1-3H3. The van der Waals surface area contributed by atoms with Crippen LogP contribution in [-0.2, 0) is 13.1 Å². The molecular weight excluding hydrogens is 337 g/mol. The topological polar surface area (TPSA) is 23.5 Å². The molecule has 0 heterocycles. The van der Waals surface area contributed by atoms with Crippen LogP contribution in [0.1, 0.15) is 22.3 Å². The third kappa shape index (κ3) is 4.52. The minimum Gasteiger partial charge on any atom is -0.507 e. The third-order valence-electron chi connectivity index (χ3n) is 4.59. The van der Waals surface area contributed by atoms with Crippen LogP contribution >= 0.6 is 8.58 Å². The summed E-state index contributed by atoms with van der Waals surface area (Å²) in [4.78, 5) is 2.34. The number of benzene rings is 3. The van der Waals surface area contributed by atoms with E-state index in [-0.39, 0.29) is 0 Å². The molecule has 1 N–H and O–H groups in total. The highest BCUT2D eigenvalue weighted by Crippen LogP contribution is 2.25. The lowest BCUT2D eigenvalue weighted by Crippen LogP contribution is -2.22. The summed E-state index contributed by atoms with van der Waals surface area (Å²) in [5.74, 6) is 0.428. The van der Waals surface area contributed by atoms with Crippen molar-refractivity contribution in [1.29, 1.82) is 0 Å². The summed E-state index contributed by atoms with van der Waals surface area (Å²) in [6.07, 6.45) is 0. The summed E-state index contributed by atoms with van der Waals surface area (Å²) in [6, 6.07) is 23.1. The maximum Gasteiger partial charge on any atom is 0.126 e. The molecule has 2 nitrogen and oxygen atoms in total. The van der Waals surface area contributed by atoms with E-state index in [1.165, 1.54) is 22.0 Å². The van der Waals surface area contributed by atoms with Crippen LogP contribution in [0, 0.1) is 13.8 Å². The van der Waals surface area contributed by atoms with Gasteiger partial charge in [-0.1, -0.05) is 75.3 Å². The Hall–Kier alpha value is -2.15. The smallest absolute Gasteiger partial charge is 0.126 e. The molecule has 0 radical (unpaired) electrons. The number of aryl methyl sites for hydroxylation is 2. The molecule has 0 aromatic heterocycles. The van der Waals surface area contributed by atoms with E-state index in [1.54, 1.807) is 0 Å². The van der Waals surface area contributed by atoms with Crippen LogP contribution in [0.5, 0.6) is 5.75 Å². The van der Waals surface area contributed by atoms with Gasteiger partial charge in [-0.25, -0.2) is 0 Å². The summed E-state index contributed by atoms with van der Waals surface area (Å²) >= 11 is 0. The first-order valence-electron chi connectivity index (χ1n) is 8.91. The van der Waals surface area contributed by atoms with E-state index in [0.717, 1.165) is 24.0 Å². The van der Waals surface area contributed by atoms with Gasteiger partial charge in [0.2, 0.25) is 0 Å². The first kappa shape index (κ1) is 18.6. The van der Waals surface area contributed by atoms with Gasteiger partial charge in [0.1, 0.15) is 5.75 Å².